The van der Waals surface area contributed by atoms with Gasteiger partial charge in [-0.05, 0) is 32.8 Å². The molecule has 9 nitrogen and oxygen atoms in total. The Morgan fingerprint density at radius 1 is 1.34 bits per heavy atom. The van der Waals surface area contributed by atoms with Crippen molar-refractivity contribution in [2.45, 2.75) is 57.3 Å². The number of rotatable bonds is 3. The minimum atomic E-state index is -1.01. The van der Waals surface area contributed by atoms with Crippen LogP contribution in [0.25, 0.3) is 0 Å². The van der Waals surface area contributed by atoms with E-state index < -0.39 is 51.8 Å². The van der Waals surface area contributed by atoms with Crippen molar-refractivity contribution in [2.24, 2.45) is 5.16 Å². The highest BCUT2D eigenvalue weighted by atomic mass is 19.1. The third-order valence-electron chi connectivity index (χ3n) is 7.14. The molecule has 2 bridgehead atoms. The Balaban J connectivity index is 1.55. The Kier molecular flexibility index (Phi) is 5.37. The van der Waals surface area contributed by atoms with Crippen molar-refractivity contribution in [1.29, 1.82) is 0 Å². The SMILES string of the molecule is CC1=NO[C@@]2(CCC(C)N3CC2n2cc(C(=O)NCc4ccc(F)cc4F)c(=O)c(O)c2C3=O)C1. The number of hydrogen-bond acceptors (Lipinski definition) is 6. The van der Waals surface area contributed by atoms with Crippen LogP contribution in [0.2, 0.25) is 0 Å². The Hall–Kier alpha value is -3.76. The highest BCUT2D eigenvalue weighted by Gasteiger charge is 2.53. The number of pyridine rings is 1. The monoisotopic (exact) mass is 486 g/mol. The van der Waals surface area contributed by atoms with Gasteiger partial charge in [0.25, 0.3) is 11.8 Å². The molecule has 1 aromatic heterocycles. The molecule has 35 heavy (non-hydrogen) atoms. The van der Waals surface area contributed by atoms with Crippen molar-refractivity contribution in [1.82, 2.24) is 14.8 Å². The molecule has 11 heteroatoms. The molecule has 2 aromatic rings. The first-order valence-electron chi connectivity index (χ1n) is 11.3. The van der Waals surface area contributed by atoms with Crippen molar-refractivity contribution in [3.05, 3.63) is 63.1 Å². The number of carbonyl (C=O) groups excluding carboxylic acids is 2. The van der Waals surface area contributed by atoms with E-state index >= 15 is 0 Å². The van der Waals surface area contributed by atoms with Crippen LogP contribution < -0.4 is 10.7 Å². The molecule has 3 aliphatic rings. The van der Waals surface area contributed by atoms with Gasteiger partial charge in [0.05, 0.1) is 11.8 Å². The summed E-state index contributed by atoms with van der Waals surface area (Å²) < 4.78 is 28.6. The zero-order valence-corrected chi connectivity index (χ0v) is 19.2. The lowest BCUT2D eigenvalue weighted by Gasteiger charge is -2.41. The van der Waals surface area contributed by atoms with Crippen LogP contribution in [-0.2, 0) is 11.4 Å². The van der Waals surface area contributed by atoms with Crippen molar-refractivity contribution in [3.63, 3.8) is 0 Å². The molecule has 0 saturated carbocycles. The Morgan fingerprint density at radius 2 is 2.11 bits per heavy atom. The molecule has 2 N–H and O–H groups in total. The van der Waals surface area contributed by atoms with Gasteiger partial charge < -0.3 is 24.7 Å². The second-order valence-corrected chi connectivity index (χ2v) is 9.42. The number of fused-ring (bicyclic) bond motifs is 5. The highest BCUT2D eigenvalue weighted by molar-refractivity contribution is 5.99. The van der Waals surface area contributed by atoms with E-state index in [4.69, 9.17) is 4.84 Å². The van der Waals surface area contributed by atoms with Crippen molar-refractivity contribution in [3.8, 4) is 5.75 Å². The van der Waals surface area contributed by atoms with E-state index in [0.717, 1.165) is 11.8 Å². The number of oxime groups is 1. The number of amides is 2. The lowest BCUT2D eigenvalue weighted by atomic mass is 9.84. The summed E-state index contributed by atoms with van der Waals surface area (Å²) in [6, 6.07) is 2.28. The van der Waals surface area contributed by atoms with Gasteiger partial charge in [0, 0.05) is 43.4 Å². The van der Waals surface area contributed by atoms with Crippen LogP contribution in [0.3, 0.4) is 0 Å². The van der Waals surface area contributed by atoms with Gasteiger partial charge >= 0.3 is 0 Å². The number of aromatic hydroxyl groups is 1. The number of aromatic nitrogens is 1. The summed E-state index contributed by atoms with van der Waals surface area (Å²) in [6.45, 7) is 3.70. The molecule has 1 saturated heterocycles. The Labute approximate surface area is 199 Å². The zero-order valence-electron chi connectivity index (χ0n) is 19.2. The van der Waals surface area contributed by atoms with Crippen LogP contribution in [0, 0.1) is 11.6 Å². The normalized spacial score (nSPS) is 25.1. The summed E-state index contributed by atoms with van der Waals surface area (Å²) in [5.74, 6) is -3.80. The van der Waals surface area contributed by atoms with Crippen LogP contribution in [0.5, 0.6) is 5.75 Å². The fraction of sp³-hybridized carbons (Fsp3) is 0.417. The quantitative estimate of drug-likeness (QED) is 0.692. The van der Waals surface area contributed by atoms with Crippen LogP contribution >= 0.6 is 0 Å². The zero-order chi connectivity index (χ0) is 25.1. The van der Waals surface area contributed by atoms with Crippen molar-refractivity contribution < 1.29 is 28.3 Å². The average Bonchev–Trinajstić information content (AvgIpc) is 3.14. The Bertz CT molecular complexity index is 1340. The molecule has 184 valence electrons. The molecule has 1 fully saturated rings. The summed E-state index contributed by atoms with van der Waals surface area (Å²) in [7, 11) is 0. The van der Waals surface area contributed by atoms with E-state index in [1.807, 2.05) is 13.8 Å². The first-order chi connectivity index (χ1) is 16.6. The molecule has 1 spiro atoms. The summed E-state index contributed by atoms with van der Waals surface area (Å²) in [5.41, 5.74) is -1.60. The first kappa shape index (κ1) is 23.0. The third-order valence-corrected chi connectivity index (χ3v) is 7.14. The highest BCUT2D eigenvalue weighted by Crippen LogP contribution is 2.46. The maximum Gasteiger partial charge on any atom is 0.274 e. The lowest BCUT2D eigenvalue weighted by Crippen LogP contribution is -2.52. The predicted octanol–water partition coefficient (Wildman–Crippen LogP) is 2.48. The third kappa shape index (κ3) is 3.65. The maximum absolute atomic E-state index is 14.0. The summed E-state index contributed by atoms with van der Waals surface area (Å²) in [5, 5.41) is 17.3. The first-order valence-corrected chi connectivity index (χ1v) is 11.3. The van der Waals surface area contributed by atoms with Gasteiger partial charge in [-0.1, -0.05) is 11.2 Å². The number of nitrogens with one attached hydrogen (secondary N) is 1. The van der Waals surface area contributed by atoms with E-state index in [9.17, 15) is 28.3 Å². The van der Waals surface area contributed by atoms with Gasteiger partial charge in [0.1, 0.15) is 17.2 Å². The van der Waals surface area contributed by atoms with Gasteiger partial charge in [-0.15, -0.1) is 0 Å². The fourth-order valence-electron chi connectivity index (χ4n) is 5.22. The van der Waals surface area contributed by atoms with E-state index in [-0.39, 0.29) is 30.4 Å². The molecule has 0 aliphatic carbocycles. The molecular weight excluding hydrogens is 462 g/mol. The number of benzene rings is 1. The van der Waals surface area contributed by atoms with Gasteiger partial charge in [-0.2, -0.15) is 0 Å². The maximum atomic E-state index is 14.0. The largest absolute Gasteiger partial charge is 0.503 e. The Morgan fingerprint density at radius 3 is 2.80 bits per heavy atom. The van der Waals surface area contributed by atoms with E-state index in [2.05, 4.69) is 10.5 Å². The standard InChI is InChI=1S/C24H24F2N4O5/c1-12-8-24(35-28-12)6-5-13(2)29-11-18(24)30-10-16(20(31)21(32)19(30)23(29)34)22(33)27-9-14-3-4-15(25)7-17(14)26/h3-4,7,10,13,18,32H,5-6,8-9,11H2,1-2H3,(H,27,33)/t13?,18?,24-/m0/s1. The number of hydrogen-bond donors (Lipinski definition) is 2. The minimum absolute atomic E-state index is 0.0246. The number of halogens is 2. The van der Waals surface area contributed by atoms with Crippen molar-refractivity contribution in [2.75, 3.05) is 6.54 Å². The number of carbonyl (C=O) groups is 2. The predicted molar refractivity (Wildman–Crippen MR) is 120 cm³/mol. The van der Waals surface area contributed by atoms with E-state index in [1.165, 1.54) is 16.8 Å². The molecular formula is C24H24F2N4O5. The molecule has 1 aromatic carbocycles. The molecule has 2 amide bonds. The summed E-state index contributed by atoms with van der Waals surface area (Å²) in [4.78, 5) is 46.6. The van der Waals surface area contributed by atoms with Crippen LogP contribution in [-0.4, -0.2) is 50.3 Å². The second kappa shape index (κ2) is 8.17. The van der Waals surface area contributed by atoms with E-state index in [0.29, 0.717) is 25.3 Å². The average molecular weight is 486 g/mol. The molecule has 5 rings (SSSR count). The molecule has 0 radical (unpaired) electrons. The number of nitrogens with zero attached hydrogens (tertiary/aromatic N) is 3. The lowest BCUT2D eigenvalue weighted by molar-refractivity contribution is -0.0655. The molecule has 2 unspecified atom stereocenters. The van der Waals surface area contributed by atoms with Gasteiger partial charge in [0.2, 0.25) is 5.43 Å². The van der Waals surface area contributed by atoms with Gasteiger partial charge in [-0.25, -0.2) is 8.78 Å². The van der Waals surface area contributed by atoms with Crippen molar-refractivity contribution >= 4 is 17.5 Å². The minimum Gasteiger partial charge on any atom is -0.503 e. The van der Waals surface area contributed by atoms with Crippen LogP contribution in [0.1, 0.15) is 65.6 Å². The second-order valence-electron chi connectivity index (χ2n) is 9.42. The van der Waals surface area contributed by atoms with E-state index in [1.54, 1.807) is 4.90 Å². The molecule has 3 aliphatic heterocycles. The summed E-state index contributed by atoms with van der Waals surface area (Å²) in [6.07, 6.45) is 2.98. The molecule has 3 atom stereocenters. The fourth-order valence-corrected chi connectivity index (χ4v) is 5.22. The smallest absolute Gasteiger partial charge is 0.274 e. The van der Waals surface area contributed by atoms with Gasteiger partial charge in [-0.3, -0.25) is 14.4 Å². The van der Waals surface area contributed by atoms with Crippen LogP contribution in [0.15, 0.2) is 34.3 Å². The van der Waals surface area contributed by atoms with Gasteiger partial charge in [0.15, 0.2) is 17.0 Å². The van der Waals surface area contributed by atoms with Crippen LogP contribution in [0.4, 0.5) is 8.78 Å². The summed E-state index contributed by atoms with van der Waals surface area (Å²) >= 11 is 0. The topological polar surface area (TPSA) is 113 Å². The molecule has 4 heterocycles.